The second kappa shape index (κ2) is 7.49. The van der Waals surface area contributed by atoms with Crippen LogP contribution in [-0.4, -0.2) is 17.2 Å². The molecule has 1 aromatic rings. The van der Waals surface area contributed by atoms with Gasteiger partial charge in [0.1, 0.15) is 5.75 Å². The molecule has 0 aromatic heterocycles. The van der Waals surface area contributed by atoms with E-state index < -0.39 is 5.97 Å². The van der Waals surface area contributed by atoms with Crippen molar-refractivity contribution in [3.63, 3.8) is 0 Å². The number of ether oxygens (including phenoxy) is 1. The van der Waals surface area contributed by atoms with Crippen LogP contribution in [-0.2, 0) is 0 Å². The Hall–Kier alpha value is -1.77. The van der Waals surface area contributed by atoms with Crippen molar-refractivity contribution < 1.29 is 14.6 Å². The summed E-state index contributed by atoms with van der Waals surface area (Å²) < 4.78 is 5.51. The highest BCUT2D eigenvalue weighted by Crippen LogP contribution is 2.22. The molecule has 0 saturated heterocycles. The number of carbonyl (C=O) groups is 1. The molecule has 0 aliphatic rings. The van der Waals surface area contributed by atoms with Gasteiger partial charge in [-0.05, 0) is 32.0 Å². The number of aromatic carboxylic acids is 1. The molecule has 0 spiro atoms. The van der Waals surface area contributed by atoms with Crippen molar-refractivity contribution in [1.82, 2.24) is 0 Å². The van der Waals surface area contributed by atoms with Crippen LogP contribution in [0.4, 0.5) is 0 Å². The van der Waals surface area contributed by atoms with Gasteiger partial charge in [0, 0.05) is 5.56 Å². The molecule has 0 saturated carbocycles. The lowest BCUT2D eigenvalue weighted by molar-refractivity contribution is 0.0697. The normalized spacial score (nSPS) is 9.24. The minimum atomic E-state index is -0.950. The molecule has 1 N–H and O–H groups in total. The Kier molecular flexibility index (Phi) is 6.71. The summed E-state index contributed by atoms with van der Waals surface area (Å²) in [4.78, 5) is 10.7. The van der Waals surface area contributed by atoms with Gasteiger partial charge in [0.15, 0.2) is 0 Å². The maximum Gasteiger partial charge on any atom is 0.335 e. The number of carboxylic acids is 1. The molecule has 94 valence electrons. The van der Waals surface area contributed by atoms with E-state index in [1.165, 1.54) is 6.07 Å². The topological polar surface area (TPSA) is 46.5 Å². The van der Waals surface area contributed by atoms with Crippen molar-refractivity contribution in [2.75, 3.05) is 0 Å². The van der Waals surface area contributed by atoms with E-state index in [-0.39, 0.29) is 11.7 Å². The number of hydrogen-bond donors (Lipinski definition) is 1. The van der Waals surface area contributed by atoms with Crippen LogP contribution in [0.2, 0.25) is 0 Å². The Morgan fingerprint density at radius 3 is 2.41 bits per heavy atom. The monoisotopic (exact) mass is 236 g/mol. The van der Waals surface area contributed by atoms with Gasteiger partial charge in [-0.2, -0.15) is 0 Å². The summed E-state index contributed by atoms with van der Waals surface area (Å²) in [6.45, 7) is 11.5. The second-order valence-electron chi connectivity index (χ2n) is 3.43. The van der Waals surface area contributed by atoms with Gasteiger partial charge in [-0.25, -0.2) is 4.79 Å². The Labute approximate surface area is 103 Å². The molecule has 0 amide bonds. The fourth-order valence-electron chi connectivity index (χ4n) is 1.20. The van der Waals surface area contributed by atoms with Crippen molar-refractivity contribution in [3.8, 4) is 5.75 Å². The van der Waals surface area contributed by atoms with Crippen molar-refractivity contribution in [1.29, 1.82) is 0 Å². The van der Waals surface area contributed by atoms with Gasteiger partial charge in [-0.1, -0.05) is 26.5 Å². The molecule has 0 atom stereocenters. The molecular weight excluding hydrogens is 216 g/mol. The molecule has 1 rings (SSSR count). The molecule has 3 nitrogen and oxygen atoms in total. The molecule has 1 aromatic carbocycles. The summed E-state index contributed by atoms with van der Waals surface area (Å²) in [6, 6.07) is 4.72. The van der Waals surface area contributed by atoms with Crippen LogP contribution in [0, 0.1) is 0 Å². The zero-order chi connectivity index (χ0) is 13.4. The molecule has 0 radical (unpaired) electrons. The number of rotatable bonds is 4. The average molecular weight is 236 g/mol. The molecular formula is C14H20O3. The fraction of sp³-hybridized carbons (Fsp3) is 0.357. The molecule has 0 aliphatic carbocycles. The molecule has 17 heavy (non-hydrogen) atoms. The maximum absolute atomic E-state index is 10.7. The van der Waals surface area contributed by atoms with Gasteiger partial charge < -0.3 is 9.84 Å². The SMILES string of the molecule is C=Cc1cc(C(=O)O)ccc1OC(C)C.CC. The highest BCUT2D eigenvalue weighted by molar-refractivity contribution is 5.88. The van der Waals surface area contributed by atoms with Gasteiger partial charge in [0.25, 0.3) is 0 Å². The molecule has 0 unspecified atom stereocenters. The summed E-state index contributed by atoms with van der Waals surface area (Å²) in [7, 11) is 0. The van der Waals surface area contributed by atoms with Crippen molar-refractivity contribution in [3.05, 3.63) is 35.9 Å². The van der Waals surface area contributed by atoms with Crippen LogP contribution < -0.4 is 4.74 Å². The predicted octanol–water partition coefficient (Wildman–Crippen LogP) is 3.84. The summed E-state index contributed by atoms with van der Waals surface area (Å²) in [5, 5.41) is 8.80. The van der Waals surface area contributed by atoms with E-state index >= 15 is 0 Å². The highest BCUT2D eigenvalue weighted by atomic mass is 16.5. The minimum absolute atomic E-state index is 0.0550. The van der Waals surface area contributed by atoms with E-state index in [1.807, 2.05) is 27.7 Å². The van der Waals surface area contributed by atoms with Crippen LogP contribution in [0.3, 0.4) is 0 Å². The van der Waals surface area contributed by atoms with Crippen LogP contribution in [0.25, 0.3) is 6.08 Å². The standard InChI is InChI=1S/C12H14O3.C2H6/c1-4-9-7-10(12(13)14)5-6-11(9)15-8(2)3;1-2/h4-8H,1H2,2-3H3,(H,13,14);1-2H3. The van der Waals surface area contributed by atoms with E-state index in [4.69, 9.17) is 9.84 Å². The highest BCUT2D eigenvalue weighted by Gasteiger charge is 2.08. The van der Waals surface area contributed by atoms with Crippen LogP contribution in [0.1, 0.15) is 43.6 Å². The van der Waals surface area contributed by atoms with Gasteiger partial charge in [0.05, 0.1) is 11.7 Å². The smallest absolute Gasteiger partial charge is 0.335 e. The van der Waals surface area contributed by atoms with Gasteiger partial charge in [-0.15, -0.1) is 0 Å². The summed E-state index contributed by atoms with van der Waals surface area (Å²) >= 11 is 0. The lowest BCUT2D eigenvalue weighted by atomic mass is 10.1. The first-order valence-electron chi connectivity index (χ1n) is 5.71. The average Bonchev–Trinajstić information content (AvgIpc) is 2.31. The van der Waals surface area contributed by atoms with Gasteiger partial charge in [-0.3, -0.25) is 0 Å². The molecule has 0 bridgehead atoms. The van der Waals surface area contributed by atoms with Crippen LogP contribution in [0.15, 0.2) is 24.8 Å². The molecule has 0 heterocycles. The Bertz CT molecular complexity index is 381. The zero-order valence-corrected chi connectivity index (χ0v) is 10.9. The van der Waals surface area contributed by atoms with Gasteiger partial charge >= 0.3 is 5.97 Å². The quantitative estimate of drug-likeness (QED) is 0.863. The lowest BCUT2D eigenvalue weighted by Crippen LogP contribution is -2.07. The van der Waals surface area contributed by atoms with Crippen LogP contribution in [0.5, 0.6) is 5.75 Å². The number of hydrogen-bond acceptors (Lipinski definition) is 2. The maximum atomic E-state index is 10.7. The van der Waals surface area contributed by atoms with E-state index in [9.17, 15) is 4.79 Å². The second-order valence-corrected chi connectivity index (χ2v) is 3.43. The Morgan fingerprint density at radius 1 is 1.41 bits per heavy atom. The summed E-state index contributed by atoms with van der Waals surface area (Å²) in [5.74, 6) is -0.292. The first-order valence-corrected chi connectivity index (χ1v) is 5.71. The van der Waals surface area contributed by atoms with E-state index in [1.54, 1.807) is 18.2 Å². The fourth-order valence-corrected chi connectivity index (χ4v) is 1.20. The van der Waals surface area contributed by atoms with Crippen molar-refractivity contribution in [2.24, 2.45) is 0 Å². The first-order chi connectivity index (χ1) is 8.04. The first kappa shape index (κ1) is 15.2. The predicted molar refractivity (Wildman–Crippen MR) is 70.6 cm³/mol. The number of benzene rings is 1. The van der Waals surface area contributed by atoms with Crippen LogP contribution >= 0.6 is 0 Å². The molecule has 0 fully saturated rings. The third kappa shape index (κ3) is 4.72. The molecule has 3 heteroatoms. The largest absolute Gasteiger partial charge is 0.490 e. The zero-order valence-electron chi connectivity index (χ0n) is 10.9. The molecule has 0 aliphatic heterocycles. The van der Waals surface area contributed by atoms with Gasteiger partial charge in [0.2, 0.25) is 0 Å². The van der Waals surface area contributed by atoms with Crippen molar-refractivity contribution in [2.45, 2.75) is 33.8 Å². The number of carboxylic acid groups (broad SMARTS) is 1. The van der Waals surface area contributed by atoms with E-state index in [0.29, 0.717) is 11.3 Å². The Morgan fingerprint density at radius 2 is 2.00 bits per heavy atom. The summed E-state index contributed by atoms with van der Waals surface area (Å²) in [6.07, 6.45) is 1.64. The van der Waals surface area contributed by atoms with E-state index in [2.05, 4.69) is 6.58 Å². The lowest BCUT2D eigenvalue weighted by Gasteiger charge is -2.12. The summed E-state index contributed by atoms with van der Waals surface area (Å²) in [5.41, 5.74) is 0.935. The third-order valence-electron chi connectivity index (χ3n) is 1.84. The van der Waals surface area contributed by atoms with Crippen molar-refractivity contribution >= 4 is 12.0 Å². The Balaban J connectivity index is 0.00000121. The third-order valence-corrected chi connectivity index (χ3v) is 1.84. The minimum Gasteiger partial charge on any atom is -0.490 e. The van der Waals surface area contributed by atoms with E-state index in [0.717, 1.165) is 0 Å².